The first-order chi connectivity index (χ1) is 14.7. The molecule has 0 aliphatic heterocycles. The number of guanidine groups is 1. The van der Waals surface area contributed by atoms with Crippen LogP contribution < -0.4 is 20.1 Å². The van der Waals surface area contributed by atoms with Gasteiger partial charge in [-0.05, 0) is 49.2 Å². The van der Waals surface area contributed by atoms with Gasteiger partial charge in [0.15, 0.2) is 5.96 Å². The molecule has 0 atom stereocenters. The number of pyridine rings is 1. The van der Waals surface area contributed by atoms with Crippen molar-refractivity contribution >= 4 is 5.96 Å². The summed E-state index contributed by atoms with van der Waals surface area (Å²) in [7, 11) is 3.41. The van der Waals surface area contributed by atoms with Crippen molar-refractivity contribution in [3.8, 4) is 17.4 Å². The number of rotatable bonds is 13. The molecule has 30 heavy (non-hydrogen) atoms. The molecule has 1 aromatic carbocycles. The van der Waals surface area contributed by atoms with Gasteiger partial charge in [0.1, 0.15) is 11.5 Å². The fourth-order valence-corrected chi connectivity index (χ4v) is 2.54. The van der Waals surface area contributed by atoms with E-state index in [2.05, 4.69) is 20.6 Å². The third-order valence-electron chi connectivity index (χ3n) is 4.03. The van der Waals surface area contributed by atoms with E-state index in [1.54, 1.807) is 20.4 Å². The summed E-state index contributed by atoms with van der Waals surface area (Å²) in [6, 6.07) is 11.3. The number of benzene rings is 1. The summed E-state index contributed by atoms with van der Waals surface area (Å²) < 4.78 is 21.7. The summed E-state index contributed by atoms with van der Waals surface area (Å²) in [6.45, 7) is 5.89. The van der Waals surface area contributed by atoms with Crippen LogP contribution in [0.5, 0.6) is 17.4 Å². The molecule has 0 fully saturated rings. The van der Waals surface area contributed by atoms with Crippen molar-refractivity contribution in [3.05, 3.63) is 48.2 Å². The second kappa shape index (κ2) is 14.2. The Morgan fingerprint density at radius 1 is 1.03 bits per heavy atom. The number of ether oxygens (including phenoxy) is 4. The van der Waals surface area contributed by atoms with Crippen LogP contribution in [0, 0.1) is 0 Å². The highest BCUT2D eigenvalue weighted by Crippen LogP contribution is 2.23. The Kier molecular flexibility index (Phi) is 11.1. The molecule has 1 heterocycles. The molecule has 164 valence electrons. The number of methoxy groups -OCH3 is 1. The predicted octanol–water partition coefficient (Wildman–Crippen LogP) is 2.99. The van der Waals surface area contributed by atoms with E-state index in [-0.39, 0.29) is 0 Å². The van der Waals surface area contributed by atoms with Crippen LogP contribution in [-0.4, -0.2) is 58.1 Å². The molecule has 0 unspecified atom stereocenters. The molecule has 0 saturated heterocycles. The van der Waals surface area contributed by atoms with Gasteiger partial charge in [0.05, 0.1) is 19.8 Å². The molecule has 2 rings (SSSR count). The molecule has 2 N–H and O–H groups in total. The Labute approximate surface area is 178 Å². The van der Waals surface area contributed by atoms with Gasteiger partial charge in [-0.1, -0.05) is 0 Å². The summed E-state index contributed by atoms with van der Waals surface area (Å²) in [5.74, 6) is 2.80. The zero-order valence-corrected chi connectivity index (χ0v) is 18.0. The number of nitrogens with one attached hydrogen (secondary N) is 2. The molecular formula is C22H32N4O4. The lowest BCUT2D eigenvalue weighted by molar-refractivity contribution is 0.0698. The minimum Gasteiger partial charge on any atom is -0.494 e. The van der Waals surface area contributed by atoms with Crippen LogP contribution in [0.2, 0.25) is 0 Å². The minimum absolute atomic E-state index is 0.537. The highest BCUT2D eigenvalue weighted by molar-refractivity contribution is 5.79. The zero-order valence-electron chi connectivity index (χ0n) is 18.0. The zero-order chi connectivity index (χ0) is 21.4. The summed E-state index contributed by atoms with van der Waals surface area (Å²) >= 11 is 0. The van der Waals surface area contributed by atoms with E-state index in [0.717, 1.165) is 30.2 Å². The third-order valence-corrected chi connectivity index (χ3v) is 4.03. The summed E-state index contributed by atoms with van der Waals surface area (Å²) in [5.41, 5.74) is 1.04. The molecule has 1 aromatic heterocycles. The lowest BCUT2D eigenvalue weighted by Crippen LogP contribution is -2.37. The molecule has 0 amide bonds. The lowest BCUT2D eigenvalue weighted by Gasteiger charge is -2.12. The van der Waals surface area contributed by atoms with Crippen LogP contribution in [0.15, 0.2) is 47.6 Å². The highest BCUT2D eigenvalue weighted by Gasteiger charge is 2.03. The summed E-state index contributed by atoms with van der Waals surface area (Å²) in [4.78, 5) is 8.52. The average Bonchev–Trinajstić information content (AvgIpc) is 2.77. The molecule has 0 radical (unpaired) electrons. The molecule has 0 saturated carbocycles. The SMILES string of the molecule is CCOc1ccc(Oc2cc(CNC(=NC)NCCCOCCOC)ccn2)cc1. The van der Waals surface area contributed by atoms with Gasteiger partial charge in [-0.2, -0.15) is 0 Å². The van der Waals surface area contributed by atoms with Crippen molar-refractivity contribution in [1.82, 2.24) is 15.6 Å². The van der Waals surface area contributed by atoms with Crippen LogP contribution in [0.3, 0.4) is 0 Å². The average molecular weight is 417 g/mol. The van der Waals surface area contributed by atoms with Crippen molar-refractivity contribution in [2.45, 2.75) is 19.9 Å². The third kappa shape index (κ3) is 9.11. The van der Waals surface area contributed by atoms with Crippen LogP contribution in [0.25, 0.3) is 0 Å². The maximum absolute atomic E-state index is 5.84. The van der Waals surface area contributed by atoms with Gasteiger partial charge in [0.2, 0.25) is 5.88 Å². The van der Waals surface area contributed by atoms with Gasteiger partial charge >= 0.3 is 0 Å². The highest BCUT2D eigenvalue weighted by atomic mass is 16.5. The Hall–Kier alpha value is -2.84. The first kappa shape index (κ1) is 23.4. The number of nitrogens with zero attached hydrogens (tertiary/aromatic N) is 2. The quantitative estimate of drug-likeness (QED) is 0.295. The van der Waals surface area contributed by atoms with Gasteiger partial charge in [0.25, 0.3) is 0 Å². The van der Waals surface area contributed by atoms with Crippen molar-refractivity contribution in [1.29, 1.82) is 0 Å². The van der Waals surface area contributed by atoms with Crippen molar-refractivity contribution < 1.29 is 18.9 Å². The van der Waals surface area contributed by atoms with Crippen LogP contribution in [0.4, 0.5) is 0 Å². The topological polar surface area (TPSA) is 86.2 Å². The smallest absolute Gasteiger partial charge is 0.219 e. The summed E-state index contributed by atoms with van der Waals surface area (Å²) in [5, 5.41) is 6.56. The number of aromatic nitrogens is 1. The second-order valence-corrected chi connectivity index (χ2v) is 6.32. The van der Waals surface area contributed by atoms with Crippen molar-refractivity contribution in [2.24, 2.45) is 4.99 Å². The standard InChI is InChI=1S/C22H32N4O4/c1-4-29-19-6-8-20(9-7-19)30-21-16-18(10-12-24-21)17-26-22(23-2)25-11-5-13-28-15-14-27-3/h6-10,12,16H,4-5,11,13-15,17H2,1-3H3,(H2,23,25,26). The van der Waals surface area contributed by atoms with Gasteiger partial charge in [0, 0.05) is 46.1 Å². The first-order valence-corrected chi connectivity index (χ1v) is 10.1. The molecule has 0 spiro atoms. The van der Waals surface area contributed by atoms with Gasteiger partial charge in [-0.15, -0.1) is 0 Å². The molecule has 0 aliphatic carbocycles. The molecule has 8 heteroatoms. The first-order valence-electron chi connectivity index (χ1n) is 10.1. The maximum atomic E-state index is 5.84. The van der Waals surface area contributed by atoms with Crippen LogP contribution in [-0.2, 0) is 16.0 Å². The normalized spacial score (nSPS) is 11.2. The van der Waals surface area contributed by atoms with Gasteiger partial charge in [-0.25, -0.2) is 4.98 Å². The van der Waals surface area contributed by atoms with Crippen LogP contribution >= 0.6 is 0 Å². The lowest BCUT2D eigenvalue weighted by atomic mass is 10.2. The Bertz CT molecular complexity index is 753. The van der Waals surface area contributed by atoms with Gasteiger partial charge < -0.3 is 29.6 Å². The molecular weight excluding hydrogens is 384 g/mol. The van der Waals surface area contributed by atoms with Gasteiger partial charge in [-0.3, -0.25) is 4.99 Å². The Balaban J connectivity index is 1.75. The maximum Gasteiger partial charge on any atom is 0.219 e. The molecule has 0 aliphatic rings. The van der Waals surface area contributed by atoms with E-state index in [4.69, 9.17) is 18.9 Å². The van der Waals surface area contributed by atoms with E-state index >= 15 is 0 Å². The molecule has 2 aromatic rings. The second-order valence-electron chi connectivity index (χ2n) is 6.32. The Morgan fingerprint density at radius 3 is 2.57 bits per heavy atom. The number of hydrogen-bond donors (Lipinski definition) is 2. The minimum atomic E-state index is 0.537. The predicted molar refractivity (Wildman–Crippen MR) is 117 cm³/mol. The van der Waals surface area contributed by atoms with E-state index < -0.39 is 0 Å². The van der Waals surface area contributed by atoms with Crippen molar-refractivity contribution in [3.63, 3.8) is 0 Å². The fraction of sp³-hybridized carbons (Fsp3) is 0.455. The fourth-order valence-electron chi connectivity index (χ4n) is 2.54. The van der Waals surface area contributed by atoms with E-state index in [1.807, 2.05) is 43.3 Å². The van der Waals surface area contributed by atoms with E-state index in [0.29, 0.717) is 44.6 Å². The Morgan fingerprint density at radius 2 is 1.83 bits per heavy atom. The molecule has 0 bridgehead atoms. The number of aliphatic imine (C=N–C) groups is 1. The van der Waals surface area contributed by atoms with Crippen LogP contribution in [0.1, 0.15) is 18.9 Å². The molecule has 8 nitrogen and oxygen atoms in total. The number of hydrogen-bond acceptors (Lipinski definition) is 6. The van der Waals surface area contributed by atoms with E-state index in [9.17, 15) is 0 Å². The van der Waals surface area contributed by atoms with Crippen molar-refractivity contribution in [2.75, 3.05) is 47.1 Å². The monoisotopic (exact) mass is 416 g/mol. The van der Waals surface area contributed by atoms with E-state index in [1.165, 1.54) is 0 Å². The summed E-state index contributed by atoms with van der Waals surface area (Å²) in [6.07, 6.45) is 2.62. The largest absolute Gasteiger partial charge is 0.494 e.